The number of carbonyl (C=O) groups is 1. The van der Waals surface area contributed by atoms with E-state index in [1.807, 2.05) is 13.0 Å². The average molecular weight is 401 g/mol. The SMILES string of the molecule is C[C@@H](O)/C=C/[C@](C)(O)[C@H]1CC[C@H]2C3=CC(=O)[C@@H]4CC(=CC[C@H](O)C4)[C@H]3CC[C@@]21C. The minimum absolute atomic E-state index is 0.0519. The van der Waals surface area contributed by atoms with Crippen molar-refractivity contribution in [1.82, 2.24) is 0 Å². The first-order chi connectivity index (χ1) is 13.6. The number of ketones is 1. The molecule has 0 amide bonds. The van der Waals surface area contributed by atoms with Crippen molar-refractivity contribution in [2.45, 2.75) is 83.5 Å². The van der Waals surface area contributed by atoms with Gasteiger partial charge in [-0.3, -0.25) is 4.79 Å². The second-order valence-corrected chi connectivity index (χ2v) is 10.5. The van der Waals surface area contributed by atoms with Crippen LogP contribution in [0.5, 0.6) is 0 Å². The van der Waals surface area contributed by atoms with Crippen LogP contribution < -0.4 is 0 Å². The Bertz CT molecular complexity index is 759. The number of allylic oxidation sites excluding steroid dienone is 3. The predicted octanol–water partition coefficient (Wildman–Crippen LogP) is 3.71. The van der Waals surface area contributed by atoms with Gasteiger partial charge in [-0.2, -0.15) is 0 Å². The third kappa shape index (κ3) is 3.68. The number of aliphatic hydroxyl groups is 3. The molecule has 4 nitrogen and oxygen atoms in total. The van der Waals surface area contributed by atoms with Crippen LogP contribution in [0.3, 0.4) is 0 Å². The lowest BCUT2D eigenvalue weighted by molar-refractivity contribution is -0.119. The van der Waals surface area contributed by atoms with Crippen molar-refractivity contribution in [2.75, 3.05) is 0 Å². The molecule has 4 aliphatic rings. The Morgan fingerprint density at radius 2 is 2.07 bits per heavy atom. The van der Waals surface area contributed by atoms with Crippen molar-refractivity contribution >= 4 is 5.78 Å². The number of aliphatic hydroxyl groups excluding tert-OH is 2. The summed E-state index contributed by atoms with van der Waals surface area (Å²) in [6, 6.07) is 0. The van der Waals surface area contributed by atoms with E-state index >= 15 is 0 Å². The van der Waals surface area contributed by atoms with E-state index in [9.17, 15) is 20.1 Å². The Morgan fingerprint density at radius 3 is 2.79 bits per heavy atom. The fraction of sp³-hybridized carbons (Fsp3) is 0.720. The quantitative estimate of drug-likeness (QED) is 0.631. The van der Waals surface area contributed by atoms with Gasteiger partial charge in [0, 0.05) is 11.8 Å². The first-order valence-electron chi connectivity index (χ1n) is 11.3. The van der Waals surface area contributed by atoms with E-state index in [0.29, 0.717) is 24.7 Å². The Kier molecular flexibility index (Phi) is 5.42. The topological polar surface area (TPSA) is 77.8 Å². The Labute approximate surface area is 174 Å². The predicted molar refractivity (Wildman–Crippen MR) is 113 cm³/mol. The molecule has 0 saturated heterocycles. The normalized spacial score (nSPS) is 42.8. The molecular weight excluding hydrogens is 364 g/mol. The monoisotopic (exact) mass is 400 g/mol. The summed E-state index contributed by atoms with van der Waals surface area (Å²) in [5.74, 6) is 0.838. The molecule has 4 aliphatic carbocycles. The second-order valence-electron chi connectivity index (χ2n) is 10.5. The highest BCUT2D eigenvalue weighted by molar-refractivity contribution is 5.93. The van der Waals surface area contributed by atoms with Gasteiger partial charge in [-0.15, -0.1) is 0 Å². The minimum atomic E-state index is -0.973. The zero-order valence-corrected chi connectivity index (χ0v) is 18.0. The second kappa shape index (κ2) is 7.47. The van der Waals surface area contributed by atoms with Gasteiger partial charge in [-0.1, -0.05) is 36.3 Å². The molecule has 8 atom stereocenters. The molecule has 160 valence electrons. The molecule has 2 fully saturated rings. The maximum absolute atomic E-state index is 13.0. The van der Waals surface area contributed by atoms with Crippen molar-refractivity contribution in [2.24, 2.45) is 29.1 Å². The van der Waals surface area contributed by atoms with Gasteiger partial charge in [0.1, 0.15) is 0 Å². The van der Waals surface area contributed by atoms with Gasteiger partial charge in [0.15, 0.2) is 5.78 Å². The van der Waals surface area contributed by atoms with Gasteiger partial charge in [-0.25, -0.2) is 0 Å². The van der Waals surface area contributed by atoms with Crippen LogP contribution in [-0.2, 0) is 4.79 Å². The van der Waals surface area contributed by atoms with Crippen LogP contribution in [0, 0.1) is 29.1 Å². The molecule has 3 N–H and O–H groups in total. The van der Waals surface area contributed by atoms with Crippen LogP contribution in [0.25, 0.3) is 0 Å². The molecule has 0 aromatic carbocycles. The van der Waals surface area contributed by atoms with Gasteiger partial charge in [0.25, 0.3) is 0 Å². The molecule has 0 aliphatic heterocycles. The Morgan fingerprint density at radius 1 is 1.31 bits per heavy atom. The molecule has 2 bridgehead atoms. The molecule has 0 heterocycles. The highest BCUT2D eigenvalue weighted by atomic mass is 16.3. The molecular formula is C25H36O4. The van der Waals surface area contributed by atoms with E-state index in [2.05, 4.69) is 13.0 Å². The summed E-state index contributed by atoms with van der Waals surface area (Å²) in [6.45, 7) is 5.86. The van der Waals surface area contributed by atoms with Gasteiger partial charge in [0.2, 0.25) is 0 Å². The summed E-state index contributed by atoms with van der Waals surface area (Å²) in [4.78, 5) is 13.0. The van der Waals surface area contributed by atoms with Crippen molar-refractivity contribution in [3.8, 4) is 0 Å². The zero-order valence-electron chi connectivity index (χ0n) is 18.0. The lowest BCUT2D eigenvalue weighted by Gasteiger charge is -2.49. The van der Waals surface area contributed by atoms with E-state index in [1.165, 1.54) is 11.1 Å². The molecule has 0 aromatic heterocycles. The number of hydrogen-bond acceptors (Lipinski definition) is 4. The lowest BCUT2D eigenvalue weighted by Crippen LogP contribution is -2.45. The number of rotatable bonds is 3. The smallest absolute Gasteiger partial charge is 0.159 e. The van der Waals surface area contributed by atoms with Gasteiger partial charge < -0.3 is 15.3 Å². The van der Waals surface area contributed by atoms with Crippen LogP contribution in [0.15, 0.2) is 35.5 Å². The fourth-order valence-corrected chi connectivity index (χ4v) is 6.95. The van der Waals surface area contributed by atoms with E-state index < -0.39 is 17.8 Å². The molecule has 29 heavy (non-hydrogen) atoms. The van der Waals surface area contributed by atoms with Crippen LogP contribution in [0.2, 0.25) is 0 Å². The zero-order chi connectivity index (χ0) is 21.0. The van der Waals surface area contributed by atoms with E-state index in [0.717, 1.165) is 32.1 Å². The molecule has 0 radical (unpaired) electrons. The molecule has 4 heteroatoms. The minimum Gasteiger partial charge on any atom is -0.393 e. The molecule has 0 spiro atoms. The highest BCUT2D eigenvalue weighted by Crippen LogP contribution is 2.63. The largest absolute Gasteiger partial charge is 0.393 e. The molecule has 0 unspecified atom stereocenters. The summed E-state index contributed by atoms with van der Waals surface area (Å²) in [5, 5.41) is 31.1. The average Bonchev–Trinajstić information content (AvgIpc) is 2.81. The van der Waals surface area contributed by atoms with Gasteiger partial charge in [-0.05, 0) is 82.1 Å². The van der Waals surface area contributed by atoms with Crippen molar-refractivity contribution in [1.29, 1.82) is 0 Å². The van der Waals surface area contributed by atoms with Crippen LogP contribution in [-0.4, -0.2) is 38.9 Å². The number of carbonyl (C=O) groups excluding carboxylic acids is 1. The van der Waals surface area contributed by atoms with Crippen LogP contribution in [0.1, 0.15) is 65.7 Å². The van der Waals surface area contributed by atoms with E-state index in [4.69, 9.17) is 0 Å². The summed E-state index contributed by atoms with van der Waals surface area (Å²) < 4.78 is 0. The summed E-state index contributed by atoms with van der Waals surface area (Å²) >= 11 is 0. The van der Waals surface area contributed by atoms with Gasteiger partial charge >= 0.3 is 0 Å². The standard InChI is InChI=1S/C25H36O4/c1-15(26)8-11-25(3,29)23-7-6-21-20-14-22(28)17-12-16(4-5-18(27)13-17)19(20)9-10-24(21,23)2/h4,8,11,14-15,17-19,21,23,26-27,29H,5-7,9-10,12-13H2,1-3H3/b11-8+/t15-,17-,18+,19-,21+,23+,24+,25+/m1/s1. The first-order valence-corrected chi connectivity index (χ1v) is 11.3. The maximum atomic E-state index is 13.0. The number of hydrogen-bond donors (Lipinski definition) is 3. The molecule has 2 saturated carbocycles. The Balaban J connectivity index is 1.67. The van der Waals surface area contributed by atoms with E-state index in [1.54, 1.807) is 19.1 Å². The first kappa shape index (κ1) is 21.0. The maximum Gasteiger partial charge on any atom is 0.159 e. The third-order valence-electron chi connectivity index (χ3n) is 8.38. The highest BCUT2D eigenvalue weighted by Gasteiger charge is 2.57. The van der Waals surface area contributed by atoms with Crippen LogP contribution in [0.4, 0.5) is 0 Å². The third-order valence-corrected chi connectivity index (χ3v) is 8.38. The summed E-state index contributed by atoms with van der Waals surface area (Å²) in [5.41, 5.74) is 1.62. The van der Waals surface area contributed by atoms with Crippen molar-refractivity contribution in [3.05, 3.63) is 35.5 Å². The fourth-order valence-electron chi connectivity index (χ4n) is 6.95. The summed E-state index contributed by atoms with van der Waals surface area (Å²) in [7, 11) is 0. The van der Waals surface area contributed by atoms with E-state index in [-0.39, 0.29) is 23.0 Å². The van der Waals surface area contributed by atoms with Crippen molar-refractivity contribution in [3.63, 3.8) is 0 Å². The molecule has 4 rings (SSSR count). The van der Waals surface area contributed by atoms with Crippen molar-refractivity contribution < 1.29 is 20.1 Å². The summed E-state index contributed by atoms with van der Waals surface area (Å²) in [6.07, 6.45) is 12.6. The number of fused-ring (bicyclic) bond motifs is 6. The van der Waals surface area contributed by atoms with Crippen LogP contribution >= 0.6 is 0 Å². The lowest BCUT2D eigenvalue weighted by atomic mass is 9.57. The Hall–Kier alpha value is -1.23. The van der Waals surface area contributed by atoms with Gasteiger partial charge in [0.05, 0.1) is 17.8 Å². The molecule has 0 aromatic rings.